The van der Waals surface area contributed by atoms with Crippen molar-refractivity contribution in [2.45, 2.75) is 19.4 Å². The molecule has 1 unspecified atom stereocenters. The van der Waals surface area contributed by atoms with E-state index in [2.05, 4.69) is 10.3 Å². The number of hydrogen-bond acceptors (Lipinski definition) is 3. The van der Waals surface area contributed by atoms with Gasteiger partial charge < -0.3 is 11.1 Å². The molecule has 1 amide bonds. The number of anilines is 1. The van der Waals surface area contributed by atoms with Crippen molar-refractivity contribution in [2.24, 2.45) is 5.73 Å². The number of primary amides is 1. The zero-order valence-electron chi connectivity index (χ0n) is 11.4. The molecule has 1 aromatic heterocycles. The zero-order chi connectivity index (χ0) is 14.8. The number of benzene rings is 1. The van der Waals surface area contributed by atoms with E-state index < -0.39 is 17.3 Å². The maximum absolute atomic E-state index is 12.9. The van der Waals surface area contributed by atoms with Crippen LogP contribution >= 0.6 is 0 Å². The van der Waals surface area contributed by atoms with Crippen molar-refractivity contribution in [1.29, 1.82) is 0 Å². The van der Waals surface area contributed by atoms with Gasteiger partial charge in [0, 0.05) is 5.69 Å². The van der Waals surface area contributed by atoms with Gasteiger partial charge in [-0.05, 0) is 38.1 Å². The van der Waals surface area contributed by atoms with Gasteiger partial charge in [0.1, 0.15) is 5.82 Å². The van der Waals surface area contributed by atoms with Crippen LogP contribution < -0.4 is 11.1 Å². The van der Waals surface area contributed by atoms with Gasteiger partial charge in [0.2, 0.25) is 5.91 Å². The van der Waals surface area contributed by atoms with Crippen LogP contribution in [-0.2, 0) is 10.3 Å². The van der Waals surface area contributed by atoms with Crippen LogP contribution in [0, 0.1) is 12.7 Å². The summed E-state index contributed by atoms with van der Waals surface area (Å²) in [4.78, 5) is 15.8. The van der Waals surface area contributed by atoms with E-state index in [9.17, 15) is 9.18 Å². The van der Waals surface area contributed by atoms with Gasteiger partial charge >= 0.3 is 0 Å². The largest absolute Gasteiger partial charge is 0.367 e. The molecule has 0 aliphatic heterocycles. The fraction of sp³-hybridized carbons (Fsp3) is 0.200. The van der Waals surface area contributed by atoms with Crippen molar-refractivity contribution >= 4 is 11.6 Å². The first-order valence-electron chi connectivity index (χ1n) is 6.18. The zero-order valence-corrected chi connectivity index (χ0v) is 11.4. The van der Waals surface area contributed by atoms with Crippen molar-refractivity contribution < 1.29 is 9.18 Å². The second kappa shape index (κ2) is 5.28. The van der Waals surface area contributed by atoms with E-state index in [1.165, 1.54) is 12.1 Å². The molecule has 4 nitrogen and oxygen atoms in total. The summed E-state index contributed by atoms with van der Waals surface area (Å²) in [6.07, 6.45) is 1.06. The highest BCUT2D eigenvalue weighted by atomic mass is 19.1. The SMILES string of the molecule is Cc1ccc(NC(C)(C(N)=O)c2ccc(F)cn2)cc1. The number of carbonyl (C=O) groups is 1. The standard InChI is InChI=1S/C15H16FN3O/c1-10-3-6-12(7-4-10)19-15(2,14(17)20)13-8-5-11(16)9-18-13/h3-9,19H,1-2H3,(H2,17,20). The predicted octanol–water partition coefficient (Wildman–Crippen LogP) is 2.34. The second-order valence-corrected chi connectivity index (χ2v) is 4.84. The highest BCUT2D eigenvalue weighted by molar-refractivity contribution is 5.88. The molecular formula is C15H16FN3O. The number of nitrogens with one attached hydrogen (secondary N) is 1. The molecule has 3 N–H and O–H groups in total. The lowest BCUT2D eigenvalue weighted by Crippen LogP contribution is -2.45. The Hall–Kier alpha value is -2.43. The fourth-order valence-corrected chi connectivity index (χ4v) is 1.85. The Balaban J connectivity index is 2.37. The van der Waals surface area contributed by atoms with E-state index in [1.807, 2.05) is 31.2 Å². The van der Waals surface area contributed by atoms with E-state index in [4.69, 9.17) is 5.73 Å². The Kier molecular flexibility index (Phi) is 3.70. The topological polar surface area (TPSA) is 68.0 Å². The van der Waals surface area contributed by atoms with Crippen LogP contribution in [0.2, 0.25) is 0 Å². The van der Waals surface area contributed by atoms with Crippen molar-refractivity contribution in [3.05, 3.63) is 59.7 Å². The average molecular weight is 273 g/mol. The smallest absolute Gasteiger partial charge is 0.249 e. The first kappa shape index (κ1) is 14.0. The van der Waals surface area contributed by atoms with E-state index >= 15 is 0 Å². The molecular weight excluding hydrogens is 257 g/mol. The number of hydrogen-bond donors (Lipinski definition) is 2. The monoisotopic (exact) mass is 273 g/mol. The maximum Gasteiger partial charge on any atom is 0.249 e. The van der Waals surface area contributed by atoms with E-state index in [0.717, 1.165) is 17.4 Å². The van der Waals surface area contributed by atoms with Gasteiger partial charge in [-0.3, -0.25) is 9.78 Å². The van der Waals surface area contributed by atoms with Crippen molar-refractivity contribution in [3.8, 4) is 0 Å². The molecule has 104 valence electrons. The molecule has 0 spiro atoms. The van der Waals surface area contributed by atoms with Crippen molar-refractivity contribution in [2.75, 3.05) is 5.32 Å². The molecule has 5 heteroatoms. The molecule has 0 saturated heterocycles. The van der Waals surface area contributed by atoms with E-state index in [1.54, 1.807) is 6.92 Å². The number of rotatable bonds is 4. The Bertz CT molecular complexity index is 610. The fourth-order valence-electron chi connectivity index (χ4n) is 1.85. The van der Waals surface area contributed by atoms with Gasteiger partial charge in [-0.1, -0.05) is 17.7 Å². The first-order chi connectivity index (χ1) is 9.41. The molecule has 0 fully saturated rings. The summed E-state index contributed by atoms with van der Waals surface area (Å²) in [5, 5.41) is 3.06. The van der Waals surface area contributed by atoms with Gasteiger partial charge in [0.15, 0.2) is 5.54 Å². The van der Waals surface area contributed by atoms with Gasteiger partial charge in [-0.2, -0.15) is 0 Å². The van der Waals surface area contributed by atoms with Gasteiger partial charge in [-0.15, -0.1) is 0 Å². The number of nitrogens with zero attached hydrogens (tertiary/aromatic N) is 1. The molecule has 1 atom stereocenters. The van der Waals surface area contributed by atoms with E-state index in [-0.39, 0.29) is 0 Å². The number of aryl methyl sites for hydroxylation is 1. The van der Waals surface area contributed by atoms with Crippen LogP contribution in [-0.4, -0.2) is 10.9 Å². The molecule has 2 aromatic rings. The lowest BCUT2D eigenvalue weighted by molar-refractivity contribution is -0.122. The third kappa shape index (κ3) is 2.77. The average Bonchev–Trinajstić information content (AvgIpc) is 2.42. The predicted molar refractivity (Wildman–Crippen MR) is 75.5 cm³/mol. The van der Waals surface area contributed by atoms with Gasteiger partial charge in [0.05, 0.1) is 11.9 Å². The van der Waals surface area contributed by atoms with Crippen LogP contribution in [0.4, 0.5) is 10.1 Å². The number of pyridine rings is 1. The Morgan fingerprint density at radius 1 is 1.25 bits per heavy atom. The quantitative estimate of drug-likeness (QED) is 0.898. The lowest BCUT2D eigenvalue weighted by Gasteiger charge is -2.28. The second-order valence-electron chi connectivity index (χ2n) is 4.84. The summed E-state index contributed by atoms with van der Waals surface area (Å²) in [6, 6.07) is 10.2. The molecule has 1 heterocycles. The minimum absolute atomic E-state index is 0.368. The van der Waals surface area contributed by atoms with E-state index in [0.29, 0.717) is 5.69 Å². The number of nitrogens with two attached hydrogens (primary N) is 1. The molecule has 0 bridgehead atoms. The summed E-state index contributed by atoms with van der Waals surface area (Å²) < 4.78 is 12.9. The summed E-state index contributed by atoms with van der Waals surface area (Å²) in [7, 11) is 0. The van der Waals surface area contributed by atoms with Gasteiger partial charge in [0.25, 0.3) is 0 Å². The third-order valence-corrected chi connectivity index (χ3v) is 3.18. The van der Waals surface area contributed by atoms with Crippen LogP contribution in [0.15, 0.2) is 42.6 Å². The summed E-state index contributed by atoms with van der Waals surface area (Å²) in [5.41, 5.74) is 6.49. The Morgan fingerprint density at radius 3 is 2.40 bits per heavy atom. The molecule has 0 saturated carbocycles. The number of carbonyl (C=O) groups excluding carboxylic acids is 1. The van der Waals surface area contributed by atoms with Crippen LogP contribution in [0.3, 0.4) is 0 Å². The van der Waals surface area contributed by atoms with Gasteiger partial charge in [-0.25, -0.2) is 4.39 Å². The van der Waals surface area contributed by atoms with Crippen LogP contribution in [0.5, 0.6) is 0 Å². The van der Waals surface area contributed by atoms with Crippen LogP contribution in [0.25, 0.3) is 0 Å². The molecule has 0 radical (unpaired) electrons. The van der Waals surface area contributed by atoms with Crippen LogP contribution in [0.1, 0.15) is 18.2 Å². The highest BCUT2D eigenvalue weighted by Gasteiger charge is 2.34. The normalized spacial score (nSPS) is 13.6. The molecule has 1 aromatic carbocycles. The molecule has 20 heavy (non-hydrogen) atoms. The Labute approximate surface area is 116 Å². The minimum atomic E-state index is -1.21. The van der Waals surface area contributed by atoms with Crippen molar-refractivity contribution in [1.82, 2.24) is 4.98 Å². The molecule has 2 rings (SSSR count). The summed E-state index contributed by atoms with van der Waals surface area (Å²) in [5.74, 6) is -1.05. The Morgan fingerprint density at radius 2 is 1.90 bits per heavy atom. The number of aromatic nitrogens is 1. The summed E-state index contributed by atoms with van der Waals surface area (Å²) >= 11 is 0. The molecule has 0 aliphatic rings. The minimum Gasteiger partial charge on any atom is -0.367 e. The van der Waals surface area contributed by atoms with Crippen molar-refractivity contribution in [3.63, 3.8) is 0 Å². The molecule has 0 aliphatic carbocycles. The third-order valence-electron chi connectivity index (χ3n) is 3.18. The maximum atomic E-state index is 12.9. The summed E-state index contributed by atoms with van der Waals surface area (Å²) in [6.45, 7) is 3.59. The lowest BCUT2D eigenvalue weighted by atomic mass is 9.95. The highest BCUT2D eigenvalue weighted by Crippen LogP contribution is 2.24. The first-order valence-corrected chi connectivity index (χ1v) is 6.18. The number of amides is 1. The number of halogens is 1.